The van der Waals surface area contributed by atoms with Crippen LogP contribution < -0.4 is 0 Å². The van der Waals surface area contributed by atoms with Gasteiger partial charge in [-0.05, 0) is 55.5 Å². The number of para-hydroxylation sites is 1. The molecule has 0 unspecified atom stereocenters. The highest BCUT2D eigenvalue weighted by atomic mass is 19.4. The van der Waals surface area contributed by atoms with Crippen LogP contribution in [0.1, 0.15) is 35.2 Å². The highest BCUT2D eigenvalue weighted by Crippen LogP contribution is 2.40. The molecular weight excluding hydrogens is 325 g/mol. The molecule has 0 spiro atoms. The summed E-state index contributed by atoms with van der Waals surface area (Å²) in [5.74, 6) is 0. The van der Waals surface area contributed by atoms with Gasteiger partial charge in [0.15, 0.2) is 0 Å². The summed E-state index contributed by atoms with van der Waals surface area (Å²) in [6.07, 6.45) is -0.835. The lowest BCUT2D eigenvalue weighted by Gasteiger charge is -2.20. The second-order valence-electron chi connectivity index (χ2n) is 6.33. The number of hydrogen-bond donors (Lipinski definition) is 0. The van der Waals surface area contributed by atoms with E-state index in [1.54, 1.807) is 10.6 Å². The molecule has 0 bridgehead atoms. The Balaban J connectivity index is 2.08. The van der Waals surface area contributed by atoms with E-state index in [1.807, 2.05) is 24.3 Å². The molecule has 0 radical (unpaired) electrons. The van der Waals surface area contributed by atoms with Crippen molar-refractivity contribution in [3.8, 4) is 11.8 Å². The molecule has 1 heterocycles. The number of alkyl halides is 3. The van der Waals surface area contributed by atoms with Gasteiger partial charge in [0.05, 0.1) is 28.4 Å². The number of aromatic nitrogens is 1. The quantitative estimate of drug-likeness (QED) is 0.583. The normalized spacial score (nSPS) is 14.3. The van der Waals surface area contributed by atoms with Gasteiger partial charge in [-0.1, -0.05) is 18.2 Å². The molecule has 126 valence electrons. The predicted molar refractivity (Wildman–Crippen MR) is 89.6 cm³/mol. The Kier molecular flexibility index (Phi) is 3.57. The first kappa shape index (κ1) is 15.8. The van der Waals surface area contributed by atoms with Gasteiger partial charge in [0.2, 0.25) is 0 Å². The molecule has 3 aromatic rings. The minimum Gasteiger partial charge on any atom is -0.313 e. The standard InChI is InChI=1S/C20H15F3N2/c21-20(22,23)16-11-13(12-24)9-10-19(16)25-17-7-3-1-5-14(17)15-6-2-4-8-18(15)25/h1,3,5,7,9-11H,2,4,6,8H2. The maximum Gasteiger partial charge on any atom is 0.418 e. The van der Waals surface area contributed by atoms with E-state index in [0.29, 0.717) is 0 Å². The molecule has 2 aromatic carbocycles. The molecular formula is C20H15F3N2. The van der Waals surface area contributed by atoms with Gasteiger partial charge in [0.1, 0.15) is 0 Å². The van der Waals surface area contributed by atoms with Gasteiger partial charge in [-0.2, -0.15) is 18.4 Å². The average Bonchev–Trinajstić information content (AvgIpc) is 2.95. The van der Waals surface area contributed by atoms with Gasteiger partial charge >= 0.3 is 6.18 Å². The van der Waals surface area contributed by atoms with Crippen molar-refractivity contribution in [2.24, 2.45) is 0 Å². The molecule has 2 nitrogen and oxygen atoms in total. The van der Waals surface area contributed by atoms with Crippen LogP contribution in [0, 0.1) is 11.3 Å². The van der Waals surface area contributed by atoms with Crippen LogP contribution in [-0.2, 0) is 19.0 Å². The lowest BCUT2D eigenvalue weighted by Crippen LogP contribution is -2.14. The maximum atomic E-state index is 13.7. The minimum atomic E-state index is -4.52. The molecule has 4 rings (SSSR count). The highest BCUT2D eigenvalue weighted by Gasteiger charge is 2.35. The van der Waals surface area contributed by atoms with E-state index in [-0.39, 0.29) is 11.3 Å². The van der Waals surface area contributed by atoms with Crippen molar-refractivity contribution in [3.05, 3.63) is 64.8 Å². The first-order valence-electron chi connectivity index (χ1n) is 8.23. The first-order chi connectivity index (χ1) is 12.0. The fourth-order valence-electron chi connectivity index (χ4n) is 3.80. The monoisotopic (exact) mass is 340 g/mol. The Morgan fingerprint density at radius 3 is 2.52 bits per heavy atom. The predicted octanol–water partition coefficient (Wildman–Crippen LogP) is 5.40. The molecule has 0 saturated heterocycles. The molecule has 0 amide bonds. The summed E-state index contributed by atoms with van der Waals surface area (Å²) in [4.78, 5) is 0. The van der Waals surface area contributed by atoms with E-state index in [0.717, 1.165) is 53.9 Å². The number of rotatable bonds is 1. The van der Waals surface area contributed by atoms with E-state index in [2.05, 4.69) is 0 Å². The molecule has 5 heteroatoms. The summed E-state index contributed by atoms with van der Waals surface area (Å²) >= 11 is 0. The number of nitrogens with zero attached hydrogens (tertiary/aromatic N) is 2. The Morgan fingerprint density at radius 1 is 1.00 bits per heavy atom. The molecule has 0 atom stereocenters. The summed E-state index contributed by atoms with van der Waals surface area (Å²) in [6, 6.07) is 13.2. The van der Waals surface area contributed by atoms with Gasteiger partial charge in [-0.3, -0.25) is 0 Å². The molecule has 0 fully saturated rings. The van der Waals surface area contributed by atoms with Crippen LogP contribution in [0.3, 0.4) is 0 Å². The second-order valence-corrected chi connectivity index (χ2v) is 6.33. The fraction of sp³-hybridized carbons (Fsp3) is 0.250. The number of nitriles is 1. The van der Waals surface area contributed by atoms with Gasteiger partial charge in [0, 0.05) is 11.1 Å². The van der Waals surface area contributed by atoms with E-state index < -0.39 is 11.7 Å². The third-order valence-electron chi connectivity index (χ3n) is 4.85. The number of hydrogen-bond acceptors (Lipinski definition) is 1. The Hall–Kier alpha value is -2.74. The maximum absolute atomic E-state index is 13.7. The van der Waals surface area contributed by atoms with Gasteiger partial charge < -0.3 is 4.57 Å². The van der Waals surface area contributed by atoms with Crippen LogP contribution >= 0.6 is 0 Å². The smallest absolute Gasteiger partial charge is 0.313 e. The SMILES string of the molecule is N#Cc1ccc(-n2c3c(c4ccccc42)CCCC3)c(C(F)(F)F)c1. The second kappa shape index (κ2) is 5.66. The molecule has 1 aromatic heterocycles. The minimum absolute atomic E-state index is 0.0152. The van der Waals surface area contributed by atoms with Crippen LogP contribution in [0.15, 0.2) is 42.5 Å². The number of aryl methyl sites for hydroxylation is 1. The number of benzene rings is 2. The molecule has 1 aliphatic rings. The van der Waals surface area contributed by atoms with Crippen molar-refractivity contribution in [2.75, 3.05) is 0 Å². The topological polar surface area (TPSA) is 28.7 Å². The molecule has 0 aliphatic heterocycles. The zero-order chi connectivity index (χ0) is 17.6. The third-order valence-corrected chi connectivity index (χ3v) is 4.85. The Bertz CT molecular complexity index is 1010. The van der Waals surface area contributed by atoms with Crippen molar-refractivity contribution >= 4 is 10.9 Å². The van der Waals surface area contributed by atoms with Crippen molar-refractivity contribution < 1.29 is 13.2 Å². The van der Waals surface area contributed by atoms with Crippen LogP contribution in [0.2, 0.25) is 0 Å². The van der Waals surface area contributed by atoms with Gasteiger partial charge in [-0.15, -0.1) is 0 Å². The Morgan fingerprint density at radius 2 is 1.76 bits per heavy atom. The zero-order valence-electron chi connectivity index (χ0n) is 13.4. The molecule has 0 N–H and O–H groups in total. The van der Waals surface area contributed by atoms with Crippen LogP contribution in [0.4, 0.5) is 13.2 Å². The average molecular weight is 340 g/mol. The van der Waals surface area contributed by atoms with Crippen molar-refractivity contribution in [2.45, 2.75) is 31.9 Å². The highest BCUT2D eigenvalue weighted by molar-refractivity contribution is 5.88. The van der Waals surface area contributed by atoms with Gasteiger partial charge in [-0.25, -0.2) is 0 Å². The van der Waals surface area contributed by atoms with E-state index in [9.17, 15) is 13.2 Å². The summed E-state index contributed by atoms with van der Waals surface area (Å²) in [5, 5.41) is 10.0. The lowest BCUT2D eigenvalue weighted by atomic mass is 9.95. The van der Waals surface area contributed by atoms with E-state index >= 15 is 0 Å². The summed E-state index contributed by atoms with van der Waals surface area (Å²) in [6.45, 7) is 0. The summed E-state index contributed by atoms with van der Waals surface area (Å²) in [5.41, 5.74) is 2.26. The van der Waals surface area contributed by atoms with E-state index in [4.69, 9.17) is 5.26 Å². The third kappa shape index (κ3) is 2.49. The Labute approximate surface area is 143 Å². The van der Waals surface area contributed by atoms with Crippen molar-refractivity contribution in [3.63, 3.8) is 0 Å². The number of fused-ring (bicyclic) bond motifs is 3. The number of halogens is 3. The first-order valence-corrected chi connectivity index (χ1v) is 8.23. The van der Waals surface area contributed by atoms with Gasteiger partial charge in [0.25, 0.3) is 0 Å². The van der Waals surface area contributed by atoms with E-state index in [1.165, 1.54) is 12.1 Å². The summed E-state index contributed by atoms with van der Waals surface area (Å²) in [7, 11) is 0. The fourth-order valence-corrected chi connectivity index (χ4v) is 3.80. The van der Waals surface area contributed by atoms with Crippen molar-refractivity contribution in [1.82, 2.24) is 4.57 Å². The lowest BCUT2D eigenvalue weighted by molar-refractivity contribution is -0.137. The van der Waals surface area contributed by atoms with Crippen molar-refractivity contribution in [1.29, 1.82) is 5.26 Å². The molecule has 1 aliphatic carbocycles. The summed E-state index contributed by atoms with van der Waals surface area (Å²) < 4.78 is 42.7. The molecule has 0 saturated carbocycles. The van der Waals surface area contributed by atoms with Crippen LogP contribution in [-0.4, -0.2) is 4.57 Å². The largest absolute Gasteiger partial charge is 0.418 e. The van der Waals surface area contributed by atoms with Crippen LogP contribution in [0.5, 0.6) is 0 Å². The van der Waals surface area contributed by atoms with Crippen LogP contribution in [0.25, 0.3) is 16.6 Å². The zero-order valence-corrected chi connectivity index (χ0v) is 13.4. The molecule has 25 heavy (non-hydrogen) atoms.